The van der Waals surface area contributed by atoms with Crippen molar-refractivity contribution in [1.82, 2.24) is 5.32 Å². The van der Waals surface area contributed by atoms with Crippen molar-refractivity contribution in [2.45, 2.75) is 46.3 Å². The molecule has 0 aliphatic rings. The first kappa shape index (κ1) is 16.1. The molecular formula is C16H26FNO. The van der Waals surface area contributed by atoms with Gasteiger partial charge in [0.25, 0.3) is 0 Å². The second-order valence-corrected chi connectivity index (χ2v) is 5.37. The Labute approximate surface area is 116 Å². The quantitative estimate of drug-likeness (QED) is 0.735. The molecule has 1 aromatic rings. The van der Waals surface area contributed by atoms with Crippen molar-refractivity contribution < 1.29 is 9.13 Å². The van der Waals surface area contributed by atoms with E-state index in [4.69, 9.17) is 4.74 Å². The molecule has 0 saturated carbocycles. The van der Waals surface area contributed by atoms with Gasteiger partial charge in [-0.25, -0.2) is 4.39 Å². The summed E-state index contributed by atoms with van der Waals surface area (Å²) in [6, 6.07) is 6.80. The molecule has 0 spiro atoms. The van der Waals surface area contributed by atoms with Crippen molar-refractivity contribution in [3.63, 3.8) is 0 Å². The highest BCUT2D eigenvalue weighted by molar-refractivity contribution is 5.16. The lowest BCUT2D eigenvalue weighted by atomic mass is 10.2. The van der Waals surface area contributed by atoms with Crippen LogP contribution in [0.25, 0.3) is 0 Å². The molecule has 2 nitrogen and oxygen atoms in total. The summed E-state index contributed by atoms with van der Waals surface area (Å²) in [6.07, 6.45) is 2.23. The van der Waals surface area contributed by atoms with Gasteiger partial charge in [0, 0.05) is 12.1 Å². The van der Waals surface area contributed by atoms with Crippen LogP contribution < -0.4 is 5.32 Å². The van der Waals surface area contributed by atoms with Crippen molar-refractivity contribution in [3.8, 4) is 0 Å². The smallest absolute Gasteiger partial charge is 0.128 e. The van der Waals surface area contributed by atoms with Crippen molar-refractivity contribution in [1.29, 1.82) is 0 Å². The summed E-state index contributed by atoms with van der Waals surface area (Å²) in [5, 5.41) is 3.40. The molecule has 0 aliphatic carbocycles. The lowest BCUT2D eigenvalue weighted by molar-refractivity contribution is 0.0330. The van der Waals surface area contributed by atoms with Crippen LogP contribution in [0.2, 0.25) is 0 Å². The molecule has 1 N–H and O–H groups in total. The van der Waals surface area contributed by atoms with Gasteiger partial charge in [-0.2, -0.15) is 0 Å². The Bertz CT molecular complexity index is 354. The third-order valence-corrected chi connectivity index (χ3v) is 2.97. The topological polar surface area (TPSA) is 21.3 Å². The second kappa shape index (κ2) is 9.05. The highest BCUT2D eigenvalue weighted by atomic mass is 19.1. The minimum absolute atomic E-state index is 0.156. The molecule has 1 atom stereocenters. The molecule has 3 heteroatoms. The predicted molar refractivity (Wildman–Crippen MR) is 77.6 cm³/mol. The van der Waals surface area contributed by atoms with Gasteiger partial charge >= 0.3 is 0 Å². The minimum Gasteiger partial charge on any atom is -0.372 e. The van der Waals surface area contributed by atoms with Gasteiger partial charge in [0.05, 0.1) is 12.7 Å². The average Bonchev–Trinajstić information content (AvgIpc) is 2.37. The fourth-order valence-corrected chi connectivity index (χ4v) is 1.92. The molecule has 0 heterocycles. The van der Waals surface area contributed by atoms with E-state index in [1.807, 2.05) is 6.07 Å². The number of halogens is 1. The van der Waals surface area contributed by atoms with Crippen molar-refractivity contribution in [2.24, 2.45) is 5.92 Å². The summed E-state index contributed by atoms with van der Waals surface area (Å²) in [5.41, 5.74) is 0.632. The fraction of sp³-hybridized carbons (Fsp3) is 0.625. The van der Waals surface area contributed by atoms with E-state index in [0.29, 0.717) is 18.1 Å². The van der Waals surface area contributed by atoms with Gasteiger partial charge in [0.15, 0.2) is 0 Å². The van der Waals surface area contributed by atoms with Crippen molar-refractivity contribution in [3.05, 3.63) is 35.6 Å². The molecule has 0 aromatic heterocycles. The summed E-state index contributed by atoms with van der Waals surface area (Å²) in [7, 11) is 0. The summed E-state index contributed by atoms with van der Waals surface area (Å²) in [5.74, 6) is 0.446. The number of benzene rings is 1. The lowest BCUT2D eigenvalue weighted by Gasteiger charge is -2.19. The molecule has 0 fully saturated rings. The van der Waals surface area contributed by atoms with Gasteiger partial charge in [-0.05, 0) is 24.9 Å². The van der Waals surface area contributed by atoms with Crippen LogP contribution in [0, 0.1) is 11.7 Å². The second-order valence-electron chi connectivity index (χ2n) is 5.37. The zero-order chi connectivity index (χ0) is 14.1. The number of ether oxygens (including phenoxy) is 1. The number of nitrogens with one attached hydrogen (secondary N) is 1. The van der Waals surface area contributed by atoms with Crippen molar-refractivity contribution in [2.75, 3.05) is 13.1 Å². The van der Waals surface area contributed by atoms with Crippen LogP contribution in [0.1, 0.15) is 39.2 Å². The normalized spacial score (nSPS) is 12.9. The number of rotatable bonds is 9. The Balaban J connectivity index is 2.38. The molecule has 1 unspecified atom stereocenters. The zero-order valence-corrected chi connectivity index (χ0v) is 12.3. The molecule has 1 aromatic carbocycles. The number of hydrogen-bond donors (Lipinski definition) is 1. The Morgan fingerprint density at radius 1 is 1.21 bits per heavy atom. The molecular weight excluding hydrogens is 241 g/mol. The van der Waals surface area contributed by atoms with Gasteiger partial charge in [0.2, 0.25) is 0 Å². The molecule has 0 bridgehead atoms. The van der Waals surface area contributed by atoms with E-state index in [1.165, 1.54) is 6.07 Å². The Hall–Kier alpha value is -0.930. The van der Waals surface area contributed by atoms with Crippen molar-refractivity contribution >= 4 is 0 Å². The highest BCUT2D eigenvalue weighted by Gasteiger charge is 2.10. The Kier molecular flexibility index (Phi) is 7.68. The van der Waals surface area contributed by atoms with Gasteiger partial charge in [-0.15, -0.1) is 0 Å². The third-order valence-electron chi connectivity index (χ3n) is 2.97. The molecule has 19 heavy (non-hydrogen) atoms. The monoisotopic (exact) mass is 267 g/mol. The lowest BCUT2D eigenvalue weighted by Crippen LogP contribution is -2.31. The predicted octanol–water partition coefficient (Wildman–Crippen LogP) is 3.76. The van der Waals surface area contributed by atoms with E-state index >= 15 is 0 Å². The first-order valence-electron chi connectivity index (χ1n) is 7.19. The van der Waals surface area contributed by atoms with Crippen LogP contribution in [0.3, 0.4) is 0 Å². The summed E-state index contributed by atoms with van der Waals surface area (Å²) in [6.45, 7) is 8.68. The van der Waals surface area contributed by atoms with Gasteiger partial charge in [0.1, 0.15) is 5.82 Å². The maximum absolute atomic E-state index is 13.5. The maximum Gasteiger partial charge on any atom is 0.128 e. The SMILES string of the molecule is CCCC(CNCC(C)C)OCc1ccccc1F. The van der Waals surface area contributed by atoms with Crippen LogP contribution in [0.4, 0.5) is 4.39 Å². The van der Waals surface area contributed by atoms with Crippen LogP contribution in [0.5, 0.6) is 0 Å². The van der Waals surface area contributed by atoms with Crippen LogP contribution in [-0.4, -0.2) is 19.2 Å². The largest absolute Gasteiger partial charge is 0.372 e. The Morgan fingerprint density at radius 3 is 2.58 bits per heavy atom. The number of hydrogen-bond acceptors (Lipinski definition) is 2. The molecule has 1 rings (SSSR count). The highest BCUT2D eigenvalue weighted by Crippen LogP contribution is 2.11. The van der Waals surface area contributed by atoms with Crippen LogP contribution in [0.15, 0.2) is 24.3 Å². The van der Waals surface area contributed by atoms with E-state index < -0.39 is 0 Å². The van der Waals surface area contributed by atoms with Gasteiger partial charge in [-0.1, -0.05) is 45.4 Å². The van der Waals surface area contributed by atoms with E-state index in [9.17, 15) is 4.39 Å². The molecule has 108 valence electrons. The van der Waals surface area contributed by atoms with E-state index in [1.54, 1.807) is 12.1 Å². The minimum atomic E-state index is -0.187. The summed E-state index contributed by atoms with van der Waals surface area (Å²) < 4.78 is 19.3. The standard InChI is InChI=1S/C16H26FNO/c1-4-7-15(11-18-10-13(2)3)19-12-14-8-5-6-9-16(14)17/h5-6,8-9,13,15,18H,4,7,10-12H2,1-3H3. The summed E-state index contributed by atoms with van der Waals surface area (Å²) >= 11 is 0. The molecule has 0 aliphatic heterocycles. The first-order chi connectivity index (χ1) is 9.13. The third kappa shape index (κ3) is 6.69. The average molecular weight is 267 g/mol. The molecule has 0 saturated heterocycles. The van der Waals surface area contributed by atoms with Gasteiger partial charge < -0.3 is 10.1 Å². The van der Waals surface area contributed by atoms with E-state index in [0.717, 1.165) is 25.9 Å². The van der Waals surface area contributed by atoms with E-state index in [2.05, 4.69) is 26.1 Å². The molecule has 0 radical (unpaired) electrons. The molecule has 0 amide bonds. The van der Waals surface area contributed by atoms with E-state index in [-0.39, 0.29) is 11.9 Å². The van der Waals surface area contributed by atoms with Crippen LogP contribution >= 0.6 is 0 Å². The van der Waals surface area contributed by atoms with Gasteiger partial charge in [-0.3, -0.25) is 0 Å². The Morgan fingerprint density at radius 2 is 1.95 bits per heavy atom. The zero-order valence-electron chi connectivity index (χ0n) is 12.3. The summed E-state index contributed by atoms with van der Waals surface area (Å²) in [4.78, 5) is 0. The van der Waals surface area contributed by atoms with Crippen LogP contribution in [-0.2, 0) is 11.3 Å². The first-order valence-corrected chi connectivity index (χ1v) is 7.19. The maximum atomic E-state index is 13.5. The fourth-order valence-electron chi connectivity index (χ4n) is 1.92.